The van der Waals surface area contributed by atoms with Crippen LogP contribution in [0.1, 0.15) is 30.0 Å². The summed E-state index contributed by atoms with van der Waals surface area (Å²) >= 11 is 0. The van der Waals surface area contributed by atoms with Crippen LogP contribution in [0.15, 0.2) is 12.4 Å². The molecule has 5 heteroatoms. The molecule has 1 atom stereocenters. The second-order valence-electron chi connectivity index (χ2n) is 3.69. The highest BCUT2D eigenvalue weighted by Crippen LogP contribution is 2.43. The van der Waals surface area contributed by atoms with Gasteiger partial charge in [-0.15, -0.1) is 0 Å². The minimum Gasteiger partial charge on any atom is -0.367 e. The van der Waals surface area contributed by atoms with Crippen LogP contribution in [0.2, 0.25) is 0 Å². The molecule has 1 saturated carbocycles. The number of H-pyrrole nitrogens is 1. The lowest BCUT2D eigenvalue weighted by Gasteiger charge is -2.13. The summed E-state index contributed by atoms with van der Waals surface area (Å²) < 4.78 is 37.4. The monoisotopic (exact) mass is 204 g/mol. The van der Waals surface area contributed by atoms with Crippen LogP contribution in [0.3, 0.4) is 0 Å². The summed E-state index contributed by atoms with van der Waals surface area (Å²) in [6, 6.07) is -0.474. The van der Waals surface area contributed by atoms with Crippen LogP contribution >= 0.6 is 0 Å². The lowest BCUT2D eigenvalue weighted by molar-refractivity contribution is -0.138. The van der Waals surface area contributed by atoms with Crippen molar-refractivity contribution in [3.63, 3.8) is 0 Å². The maximum atomic E-state index is 12.5. The zero-order chi connectivity index (χ0) is 10.3. The van der Waals surface area contributed by atoms with E-state index in [1.54, 1.807) is 0 Å². The van der Waals surface area contributed by atoms with Crippen molar-refractivity contribution in [3.05, 3.63) is 23.5 Å². The maximum Gasteiger partial charge on any atom is 0.418 e. The number of rotatable bonds is 2. The third-order valence-corrected chi connectivity index (χ3v) is 2.57. The Hall–Kier alpha value is -0.970. The van der Waals surface area contributed by atoms with Crippen molar-refractivity contribution in [1.29, 1.82) is 0 Å². The molecule has 14 heavy (non-hydrogen) atoms. The molecule has 2 rings (SSSR count). The van der Waals surface area contributed by atoms with Crippen LogP contribution < -0.4 is 5.73 Å². The van der Waals surface area contributed by atoms with Crippen LogP contribution in [-0.4, -0.2) is 4.98 Å². The van der Waals surface area contributed by atoms with Crippen LogP contribution in [0.4, 0.5) is 13.2 Å². The van der Waals surface area contributed by atoms with E-state index in [2.05, 4.69) is 4.98 Å². The van der Waals surface area contributed by atoms with E-state index in [0.29, 0.717) is 0 Å². The van der Waals surface area contributed by atoms with Gasteiger partial charge in [-0.1, -0.05) is 0 Å². The topological polar surface area (TPSA) is 41.8 Å². The van der Waals surface area contributed by atoms with Gasteiger partial charge >= 0.3 is 6.18 Å². The molecular weight excluding hydrogens is 193 g/mol. The first-order chi connectivity index (χ1) is 6.50. The molecule has 0 aliphatic heterocycles. The average molecular weight is 204 g/mol. The summed E-state index contributed by atoms with van der Waals surface area (Å²) in [6.45, 7) is 0. The van der Waals surface area contributed by atoms with Gasteiger partial charge in [0.2, 0.25) is 0 Å². The van der Waals surface area contributed by atoms with Crippen LogP contribution in [0, 0.1) is 5.92 Å². The molecule has 1 aromatic rings. The van der Waals surface area contributed by atoms with E-state index in [0.717, 1.165) is 19.0 Å². The molecule has 1 aliphatic rings. The van der Waals surface area contributed by atoms with E-state index >= 15 is 0 Å². The lowest BCUT2D eigenvalue weighted by Crippen LogP contribution is -2.17. The number of hydrogen-bond donors (Lipinski definition) is 2. The second-order valence-corrected chi connectivity index (χ2v) is 3.69. The van der Waals surface area contributed by atoms with Crippen molar-refractivity contribution in [2.45, 2.75) is 25.1 Å². The lowest BCUT2D eigenvalue weighted by atomic mass is 10.0. The van der Waals surface area contributed by atoms with E-state index in [4.69, 9.17) is 5.73 Å². The van der Waals surface area contributed by atoms with Crippen molar-refractivity contribution in [2.24, 2.45) is 11.7 Å². The van der Waals surface area contributed by atoms with Gasteiger partial charge in [0.1, 0.15) is 0 Å². The fourth-order valence-electron chi connectivity index (χ4n) is 1.61. The Balaban J connectivity index is 2.28. The van der Waals surface area contributed by atoms with E-state index in [-0.39, 0.29) is 11.5 Å². The Bertz CT molecular complexity index is 325. The Kier molecular flexibility index (Phi) is 2.06. The number of aromatic nitrogens is 1. The molecule has 0 unspecified atom stereocenters. The van der Waals surface area contributed by atoms with Gasteiger partial charge < -0.3 is 10.7 Å². The molecule has 0 bridgehead atoms. The molecule has 78 valence electrons. The van der Waals surface area contributed by atoms with Gasteiger partial charge in [0.25, 0.3) is 0 Å². The third kappa shape index (κ3) is 1.64. The van der Waals surface area contributed by atoms with Crippen molar-refractivity contribution in [2.75, 3.05) is 0 Å². The van der Waals surface area contributed by atoms with Crippen molar-refractivity contribution in [3.8, 4) is 0 Å². The molecule has 0 radical (unpaired) electrons. The summed E-state index contributed by atoms with van der Waals surface area (Å²) in [6.07, 6.45) is -0.113. The largest absolute Gasteiger partial charge is 0.418 e. The number of nitrogens with one attached hydrogen (secondary N) is 1. The fraction of sp³-hybridized carbons (Fsp3) is 0.556. The van der Waals surface area contributed by atoms with Gasteiger partial charge in [-0.2, -0.15) is 13.2 Å². The Labute approximate surface area is 79.3 Å². The van der Waals surface area contributed by atoms with E-state index in [9.17, 15) is 13.2 Å². The summed E-state index contributed by atoms with van der Waals surface area (Å²) in [7, 11) is 0. The first kappa shape index (κ1) is 9.58. The quantitative estimate of drug-likeness (QED) is 0.763. The smallest absolute Gasteiger partial charge is 0.367 e. The predicted octanol–water partition coefficient (Wildman–Crippen LogP) is 2.44. The molecule has 3 N–H and O–H groups in total. The number of alkyl halides is 3. The van der Waals surface area contributed by atoms with Gasteiger partial charge in [-0.05, 0) is 24.3 Å². The zero-order valence-corrected chi connectivity index (χ0v) is 7.43. The highest BCUT2D eigenvalue weighted by atomic mass is 19.4. The van der Waals surface area contributed by atoms with Gasteiger partial charge in [0.05, 0.1) is 5.56 Å². The number of aromatic amines is 1. The van der Waals surface area contributed by atoms with Gasteiger partial charge in [-0.25, -0.2) is 0 Å². The Morgan fingerprint density at radius 1 is 1.36 bits per heavy atom. The summed E-state index contributed by atoms with van der Waals surface area (Å²) in [4.78, 5) is 2.47. The molecule has 1 heterocycles. The normalized spacial score (nSPS) is 19.7. The van der Waals surface area contributed by atoms with Gasteiger partial charge in [0.15, 0.2) is 0 Å². The fourth-order valence-corrected chi connectivity index (χ4v) is 1.61. The minimum absolute atomic E-state index is 0.194. The van der Waals surface area contributed by atoms with Crippen molar-refractivity contribution in [1.82, 2.24) is 4.98 Å². The summed E-state index contributed by atoms with van der Waals surface area (Å²) in [5, 5.41) is 0. The third-order valence-electron chi connectivity index (χ3n) is 2.57. The Morgan fingerprint density at radius 3 is 2.50 bits per heavy atom. The zero-order valence-electron chi connectivity index (χ0n) is 7.43. The van der Waals surface area contributed by atoms with Gasteiger partial charge in [-0.3, -0.25) is 0 Å². The Morgan fingerprint density at radius 2 is 2.00 bits per heavy atom. The van der Waals surface area contributed by atoms with Gasteiger partial charge in [0, 0.05) is 18.4 Å². The average Bonchev–Trinajstić information content (AvgIpc) is 2.78. The highest BCUT2D eigenvalue weighted by Gasteiger charge is 2.39. The highest BCUT2D eigenvalue weighted by molar-refractivity contribution is 5.30. The summed E-state index contributed by atoms with van der Waals surface area (Å²) in [5.74, 6) is 0.229. The minimum atomic E-state index is -4.30. The van der Waals surface area contributed by atoms with E-state index in [1.807, 2.05) is 0 Å². The first-order valence-corrected chi connectivity index (χ1v) is 4.49. The number of nitrogens with two attached hydrogens (primary N) is 1. The van der Waals surface area contributed by atoms with E-state index < -0.39 is 17.8 Å². The predicted molar refractivity (Wildman–Crippen MR) is 45.4 cm³/mol. The van der Waals surface area contributed by atoms with Crippen LogP contribution in [0.25, 0.3) is 0 Å². The maximum absolute atomic E-state index is 12.5. The molecule has 0 aromatic carbocycles. The first-order valence-electron chi connectivity index (χ1n) is 4.49. The SMILES string of the molecule is N[C@H](c1c[nH]cc1C(F)(F)F)C1CC1. The van der Waals surface area contributed by atoms with Crippen molar-refractivity contribution < 1.29 is 13.2 Å². The molecule has 2 nitrogen and oxygen atoms in total. The molecule has 1 fully saturated rings. The molecule has 1 aromatic heterocycles. The molecular formula is C9H11F3N2. The molecule has 0 amide bonds. The molecule has 0 spiro atoms. The van der Waals surface area contributed by atoms with Crippen LogP contribution in [-0.2, 0) is 6.18 Å². The van der Waals surface area contributed by atoms with E-state index in [1.165, 1.54) is 6.20 Å². The molecule has 0 saturated heterocycles. The summed E-state index contributed by atoms with van der Waals surface area (Å²) in [5.41, 5.74) is 5.29. The second kappa shape index (κ2) is 3.02. The van der Waals surface area contributed by atoms with Crippen LogP contribution in [0.5, 0.6) is 0 Å². The standard InChI is InChI=1S/C9H11F3N2/c10-9(11,12)7-4-14-3-6(7)8(13)5-1-2-5/h3-5,8,14H,1-2,13H2/t8-/m0/s1. The molecule has 1 aliphatic carbocycles. The van der Waals surface area contributed by atoms with Crippen molar-refractivity contribution >= 4 is 0 Å². The number of hydrogen-bond acceptors (Lipinski definition) is 1. The number of halogens is 3.